The van der Waals surface area contributed by atoms with Gasteiger partial charge in [0.05, 0.1) is 0 Å². The van der Waals surface area contributed by atoms with Gasteiger partial charge in [0, 0.05) is 26.2 Å². The maximum atomic E-state index is 12.6. The first-order chi connectivity index (χ1) is 8.54. The zero-order valence-corrected chi connectivity index (χ0v) is 12.9. The Morgan fingerprint density at radius 2 is 1.50 bits per heavy atom. The van der Waals surface area contributed by atoms with E-state index in [-0.39, 0.29) is 6.04 Å². The van der Waals surface area contributed by atoms with Gasteiger partial charge >= 0.3 is 0 Å². The van der Waals surface area contributed by atoms with Crippen molar-refractivity contribution in [2.45, 2.75) is 64.8 Å². The molecular weight excluding hydrogens is 248 g/mol. The molecule has 18 heavy (non-hydrogen) atoms. The lowest BCUT2D eigenvalue weighted by Gasteiger charge is -2.34. The Morgan fingerprint density at radius 3 is 1.94 bits per heavy atom. The fourth-order valence-corrected chi connectivity index (χ4v) is 4.43. The van der Waals surface area contributed by atoms with Crippen LogP contribution in [-0.2, 0) is 10.2 Å². The number of nitrogens with zero attached hydrogens (tertiary/aromatic N) is 2. The van der Waals surface area contributed by atoms with E-state index < -0.39 is 10.2 Å². The fourth-order valence-electron chi connectivity index (χ4n) is 2.66. The monoisotopic (exact) mass is 276 g/mol. The molecule has 0 saturated heterocycles. The molecule has 0 aliphatic heterocycles. The van der Waals surface area contributed by atoms with E-state index in [9.17, 15) is 8.42 Å². The Kier molecular flexibility index (Phi) is 6.60. The summed E-state index contributed by atoms with van der Waals surface area (Å²) in [6.07, 6.45) is 7.34. The van der Waals surface area contributed by atoms with Gasteiger partial charge in [-0.3, -0.25) is 0 Å². The largest absolute Gasteiger partial charge is 0.281 e. The Morgan fingerprint density at radius 1 is 1.00 bits per heavy atom. The highest BCUT2D eigenvalue weighted by Crippen LogP contribution is 2.24. The second kappa shape index (κ2) is 7.46. The van der Waals surface area contributed by atoms with Crippen LogP contribution in [0, 0.1) is 0 Å². The molecule has 0 bridgehead atoms. The fraction of sp³-hybridized carbons (Fsp3) is 1.00. The smallest absolute Gasteiger partial charge is 0.195 e. The zero-order valence-electron chi connectivity index (χ0n) is 12.1. The zero-order chi connectivity index (χ0) is 13.6. The molecule has 0 aromatic rings. The minimum Gasteiger partial charge on any atom is -0.195 e. The van der Waals surface area contributed by atoms with Gasteiger partial charge in [0.1, 0.15) is 0 Å². The van der Waals surface area contributed by atoms with E-state index in [1.165, 1.54) is 6.42 Å². The molecule has 0 unspecified atom stereocenters. The minimum absolute atomic E-state index is 0.208. The van der Waals surface area contributed by atoms with Crippen molar-refractivity contribution in [3.05, 3.63) is 0 Å². The van der Waals surface area contributed by atoms with Crippen molar-refractivity contribution >= 4 is 10.2 Å². The summed E-state index contributed by atoms with van der Waals surface area (Å²) in [6.45, 7) is 5.32. The van der Waals surface area contributed by atoms with Crippen molar-refractivity contribution in [2.75, 3.05) is 20.1 Å². The summed E-state index contributed by atoms with van der Waals surface area (Å²) >= 11 is 0. The molecule has 1 rings (SSSR count). The molecule has 1 aliphatic rings. The quantitative estimate of drug-likeness (QED) is 0.717. The molecule has 1 saturated carbocycles. The van der Waals surface area contributed by atoms with Crippen molar-refractivity contribution < 1.29 is 8.42 Å². The molecule has 1 aliphatic carbocycles. The number of rotatable bonds is 7. The lowest BCUT2D eigenvalue weighted by atomic mass is 9.96. The SMILES string of the molecule is CCCN(CCC)S(=O)(=O)N(C)C1CCCCC1. The van der Waals surface area contributed by atoms with Gasteiger partial charge in [-0.25, -0.2) is 0 Å². The first kappa shape index (κ1) is 15.9. The van der Waals surface area contributed by atoms with Crippen LogP contribution < -0.4 is 0 Å². The molecule has 0 heterocycles. The predicted octanol–water partition coefficient (Wildman–Crippen LogP) is 2.62. The second-order valence-electron chi connectivity index (χ2n) is 5.21. The van der Waals surface area contributed by atoms with Crippen LogP contribution in [0.4, 0.5) is 0 Å². The molecule has 0 amide bonds. The summed E-state index contributed by atoms with van der Waals surface area (Å²) < 4.78 is 28.4. The summed E-state index contributed by atoms with van der Waals surface area (Å²) in [6, 6.07) is 0.208. The summed E-state index contributed by atoms with van der Waals surface area (Å²) in [4.78, 5) is 0. The minimum atomic E-state index is -3.26. The van der Waals surface area contributed by atoms with Crippen molar-refractivity contribution in [1.82, 2.24) is 8.61 Å². The van der Waals surface area contributed by atoms with Gasteiger partial charge in [-0.15, -0.1) is 0 Å². The molecule has 0 aromatic carbocycles. The molecule has 5 heteroatoms. The van der Waals surface area contributed by atoms with Crippen molar-refractivity contribution in [3.8, 4) is 0 Å². The highest BCUT2D eigenvalue weighted by Gasteiger charge is 2.31. The van der Waals surface area contributed by atoms with E-state index >= 15 is 0 Å². The first-order valence-corrected chi connectivity index (χ1v) is 8.66. The van der Waals surface area contributed by atoms with E-state index in [1.807, 2.05) is 13.8 Å². The summed E-state index contributed by atoms with van der Waals surface area (Å²) in [5, 5.41) is 0. The number of hydrogen-bond acceptors (Lipinski definition) is 2. The molecule has 0 aromatic heterocycles. The molecule has 1 fully saturated rings. The maximum Gasteiger partial charge on any atom is 0.281 e. The number of hydrogen-bond donors (Lipinski definition) is 0. The molecule has 4 nitrogen and oxygen atoms in total. The van der Waals surface area contributed by atoms with E-state index in [1.54, 1.807) is 15.7 Å². The third-order valence-corrected chi connectivity index (χ3v) is 5.77. The lowest BCUT2D eigenvalue weighted by Crippen LogP contribution is -2.47. The Bertz CT molecular complexity index is 318. The summed E-state index contributed by atoms with van der Waals surface area (Å²) in [5.74, 6) is 0. The van der Waals surface area contributed by atoms with Crippen molar-refractivity contribution in [3.63, 3.8) is 0 Å². The Balaban J connectivity index is 2.74. The van der Waals surface area contributed by atoms with E-state index in [2.05, 4.69) is 0 Å². The van der Waals surface area contributed by atoms with Crippen LogP contribution in [0.3, 0.4) is 0 Å². The van der Waals surface area contributed by atoms with Crippen LogP contribution in [0.2, 0.25) is 0 Å². The van der Waals surface area contributed by atoms with Gasteiger partial charge in [0.25, 0.3) is 10.2 Å². The van der Waals surface area contributed by atoms with E-state index in [0.717, 1.165) is 38.5 Å². The molecular formula is C13H28N2O2S. The maximum absolute atomic E-state index is 12.6. The third kappa shape index (κ3) is 3.93. The second-order valence-corrected chi connectivity index (χ2v) is 7.20. The summed E-state index contributed by atoms with van der Waals surface area (Å²) in [7, 11) is -1.50. The topological polar surface area (TPSA) is 40.6 Å². The molecule has 0 spiro atoms. The van der Waals surface area contributed by atoms with Crippen molar-refractivity contribution in [1.29, 1.82) is 0 Å². The van der Waals surface area contributed by atoms with Crippen molar-refractivity contribution in [2.24, 2.45) is 0 Å². The van der Waals surface area contributed by atoms with Crippen LogP contribution in [0.5, 0.6) is 0 Å². The normalized spacial score (nSPS) is 18.7. The van der Waals surface area contributed by atoms with Crippen LogP contribution in [0.1, 0.15) is 58.8 Å². The lowest BCUT2D eigenvalue weighted by molar-refractivity contribution is 0.262. The van der Waals surface area contributed by atoms with Crippen LogP contribution in [0.25, 0.3) is 0 Å². The van der Waals surface area contributed by atoms with E-state index in [4.69, 9.17) is 0 Å². The summed E-state index contributed by atoms with van der Waals surface area (Å²) in [5.41, 5.74) is 0. The Hall–Kier alpha value is -0.130. The highest BCUT2D eigenvalue weighted by molar-refractivity contribution is 7.86. The van der Waals surface area contributed by atoms with Gasteiger partial charge in [-0.05, 0) is 25.7 Å². The Labute approximate surface area is 113 Å². The van der Waals surface area contributed by atoms with Gasteiger partial charge in [0.15, 0.2) is 0 Å². The molecule has 108 valence electrons. The van der Waals surface area contributed by atoms with Gasteiger partial charge < -0.3 is 0 Å². The average molecular weight is 276 g/mol. The third-order valence-electron chi connectivity index (χ3n) is 3.73. The first-order valence-electron chi connectivity index (χ1n) is 7.27. The molecule has 0 N–H and O–H groups in total. The standard InChI is InChI=1S/C13H28N2O2S/c1-4-11-15(12-5-2)18(16,17)14(3)13-9-7-6-8-10-13/h13H,4-12H2,1-3H3. The van der Waals surface area contributed by atoms with E-state index in [0.29, 0.717) is 13.1 Å². The van der Waals surface area contributed by atoms with Crippen LogP contribution in [0.15, 0.2) is 0 Å². The van der Waals surface area contributed by atoms with Gasteiger partial charge in [-0.1, -0.05) is 33.1 Å². The predicted molar refractivity (Wildman–Crippen MR) is 75.7 cm³/mol. The highest BCUT2D eigenvalue weighted by atomic mass is 32.2. The average Bonchev–Trinajstić information content (AvgIpc) is 2.38. The van der Waals surface area contributed by atoms with Crippen LogP contribution >= 0.6 is 0 Å². The van der Waals surface area contributed by atoms with Gasteiger partial charge in [-0.2, -0.15) is 17.0 Å². The van der Waals surface area contributed by atoms with Gasteiger partial charge in [0.2, 0.25) is 0 Å². The van der Waals surface area contributed by atoms with Crippen LogP contribution in [-0.4, -0.2) is 43.2 Å². The molecule has 0 radical (unpaired) electrons. The molecule has 0 atom stereocenters.